The molecule has 106 valence electrons. The Balaban J connectivity index is 1.83. The maximum atomic E-state index is 6.02. The molecule has 0 atom stereocenters. The Labute approximate surface area is 119 Å². The van der Waals surface area contributed by atoms with E-state index in [0.29, 0.717) is 11.8 Å². The van der Waals surface area contributed by atoms with E-state index in [2.05, 4.69) is 36.1 Å². The number of halogens is 1. The van der Waals surface area contributed by atoms with E-state index in [-0.39, 0.29) is 5.41 Å². The summed E-state index contributed by atoms with van der Waals surface area (Å²) in [7, 11) is 0. The monoisotopic (exact) mass is 283 g/mol. The Kier molecular flexibility index (Phi) is 4.63. The van der Waals surface area contributed by atoms with Gasteiger partial charge in [-0.2, -0.15) is 0 Å². The molecule has 0 spiro atoms. The standard InChI is InChI=1S/C14H22ClN3O/c1-14(2,3)13-17-11(15)8-12(18-13)16-6-7-19-9-10-4-5-10/h8,10H,4-7,9H2,1-3H3,(H,16,17,18). The van der Waals surface area contributed by atoms with E-state index in [9.17, 15) is 0 Å². The van der Waals surface area contributed by atoms with E-state index in [4.69, 9.17) is 16.3 Å². The molecule has 0 unspecified atom stereocenters. The number of aromatic nitrogens is 2. The summed E-state index contributed by atoms with van der Waals surface area (Å²) in [5.74, 6) is 2.32. The van der Waals surface area contributed by atoms with Crippen LogP contribution in [0.25, 0.3) is 0 Å². The van der Waals surface area contributed by atoms with Crippen LogP contribution in [0.3, 0.4) is 0 Å². The Morgan fingerprint density at radius 2 is 2.11 bits per heavy atom. The highest BCUT2D eigenvalue weighted by atomic mass is 35.5. The molecule has 0 aromatic carbocycles. The summed E-state index contributed by atoms with van der Waals surface area (Å²) >= 11 is 6.02. The first-order chi connectivity index (χ1) is 8.95. The maximum absolute atomic E-state index is 6.02. The average molecular weight is 284 g/mol. The molecule has 5 heteroatoms. The minimum atomic E-state index is -0.107. The van der Waals surface area contributed by atoms with Crippen molar-refractivity contribution < 1.29 is 4.74 Å². The van der Waals surface area contributed by atoms with Crippen molar-refractivity contribution in [3.05, 3.63) is 17.0 Å². The lowest BCUT2D eigenvalue weighted by Crippen LogP contribution is -2.18. The molecule has 4 nitrogen and oxygen atoms in total. The molecule has 1 aromatic heterocycles. The topological polar surface area (TPSA) is 47.0 Å². The fourth-order valence-corrected chi connectivity index (χ4v) is 1.81. The molecular weight excluding hydrogens is 262 g/mol. The van der Waals surface area contributed by atoms with Gasteiger partial charge in [-0.05, 0) is 18.8 Å². The van der Waals surface area contributed by atoms with E-state index in [0.717, 1.165) is 30.7 Å². The van der Waals surface area contributed by atoms with Crippen LogP contribution in [0.2, 0.25) is 5.15 Å². The van der Waals surface area contributed by atoms with Gasteiger partial charge in [0.1, 0.15) is 16.8 Å². The maximum Gasteiger partial charge on any atom is 0.137 e. The van der Waals surface area contributed by atoms with Gasteiger partial charge in [0, 0.05) is 24.6 Å². The summed E-state index contributed by atoms with van der Waals surface area (Å²) in [5.41, 5.74) is -0.107. The fourth-order valence-electron chi connectivity index (χ4n) is 1.63. The van der Waals surface area contributed by atoms with Gasteiger partial charge in [-0.15, -0.1) is 0 Å². The Hall–Kier alpha value is -0.870. The first-order valence-electron chi connectivity index (χ1n) is 6.82. The Bertz CT molecular complexity index is 427. The van der Waals surface area contributed by atoms with Gasteiger partial charge in [-0.1, -0.05) is 32.4 Å². The quantitative estimate of drug-likeness (QED) is 0.643. The van der Waals surface area contributed by atoms with Crippen LogP contribution in [0.5, 0.6) is 0 Å². The number of anilines is 1. The molecule has 0 bridgehead atoms. The zero-order chi connectivity index (χ0) is 13.9. The molecule has 1 fully saturated rings. The van der Waals surface area contributed by atoms with Crippen LogP contribution in [0.1, 0.15) is 39.4 Å². The Morgan fingerprint density at radius 1 is 1.37 bits per heavy atom. The lowest BCUT2D eigenvalue weighted by Gasteiger charge is -2.17. The van der Waals surface area contributed by atoms with Gasteiger partial charge in [0.15, 0.2) is 0 Å². The van der Waals surface area contributed by atoms with Crippen LogP contribution in [0, 0.1) is 5.92 Å². The van der Waals surface area contributed by atoms with E-state index in [1.807, 2.05) is 0 Å². The van der Waals surface area contributed by atoms with Gasteiger partial charge in [0.05, 0.1) is 6.61 Å². The minimum Gasteiger partial charge on any atom is -0.379 e. The summed E-state index contributed by atoms with van der Waals surface area (Å²) < 4.78 is 5.57. The van der Waals surface area contributed by atoms with Gasteiger partial charge < -0.3 is 10.1 Å². The van der Waals surface area contributed by atoms with E-state index in [1.165, 1.54) is 12.8 Å². The van der Waals surface area contributed by atoms with Crippen LogP contribution in [0.15, 0.2) is 6.07 Å². The zero-order valence-corrected chi connectivity index (χ0v) is 12.6. The van der Waals surface area contributed by atoms with E-state index < -0.39 is 0 Å². The van der Waals surface area contributed by atoms with Crippen LogP contribution in [-0.2, 0) is 10.2 Å². The number of hydrogen-bond donors (Lipinski definition) is 1. The lowest BCUT2D eigenvalue weighted by molar-refractivity contribution is 0.134. The molecule has 2 rings (SSSR count). The van der Waals surface area contributed by atoms with Crippen molar-refractivity contribution >= 4 is 17.4 Å². The number of ether oxygens (including phenoxy) is 1. The molecule has 1 N–H and O–H groups in total. The predicted octanol–water partition coefficient (Wildman–Crippen LogP) is 3.27. The lowest BCUT2D eigenvalue weighted by atomic mass is 9.96. The largest absolute Gasteiger partial charge is 0.379 e. The second kappa shape index (κ2) is 6.06. The SMILES string of the molecule is CC(C)(C)c1nc(Cl)cc(NCCOCC2CC2)n1. The van der Waals surface area contributed by atoms with Crippen molar-refractivity contribution in [1.82, 2.24) is 9.97 Å². The second-order valence-corrected chi connectivity index (χ2v) is 6.48. The molecule has 1 heterocycles. The fraction of sp³-hybridized carbons (Fsp3) is 0.714. The van der Waals surface area contributed by atoms with Gasteiger partial charge >= 0.3 is 0 Å². The first kappa shape index (κ1) is 14.5. The van der Waals surface area contributed by atoms with E-state index in [1.54, 1.807) is 6.07 Å². The normalized spacial score (nSPS) is 15.6. The minimum absolute atomic E-state index is 0.107. The number of nitrogens with zero attached hydrogens (tertiary/aromatic N) is 2. The average Bonchev–Trinajstić information content (AvgIpc) is 3.10. The van der Waals surface area contributed by atoms with Crippen molar-refractivity contribution in [2.45, 2.75) is 39.0 Å². The first-order valence-corrected chi connectivity index (χ1v) is 7.19. The van der Waals surface area contributed by atoms with Crippen LogP contribution in [0.4, 0.5) is 5.82 Å². The molecule has 0 amide bonds. The molecule has 1 saturated carbocycles. The third-order valence-electron chi connectivity index (χ3n) is 2.97. The Morgan fingerprint density at radius 3 is 2.74 bits per heavy atom. The molecule has 1 aliphatic carbocycles. The number of nitrogens with one attached hydrogen (secondary N) is 1. The number of rotatable bonds is 6. The second-order valence-electron chi connectivity index (χ2n) is 6.09. The smallest absolute Gasteiger partial charge is 0.137 e. The van der Waals surface area contributed by atoms with Crippen LogP contribution >= 0.6 is 11.6 Å². The highest BCUT2D eigenvalue weighted by Crippen LogP contribution is 2.28. The van der Waals surface area contributed by atoms with Gasteiger partial charge in [0.25, 0.3) is 0 Å². The third-order valence-corrected chi connectivity index (χ3v) is 3.16. The summed E-state index contributed by atoms with van der Waals surface area (Å²) in [6.45, 7) is 8.54. The molecule has 0 aliphatic heterocycles. The predicted molar refractivity (Wildman–Crippen MR) is 77.8 cm³/mol. The summed E-state index contributed by atoms with van der Waals surface area (Å²) in [5, 5.41) is 3.71. The summed E-state index contributed by atoms with van der Waals surface area (Å²) in [6.07, 6.45) is 2.65. The zero-order valence-electron chi connectivity index (χ0n) is 11.9. The highest BCUT2D eigenvalue weighted by Gasteiger charge is 2.21. The van der Waals surface area contributed by atoms with Crippen molar-refractivity contribution in [3.63, 3.8) is 0 Å². The summed E-state index contributed by atoms with van der Waals surface area (Å²) in [6, 6.07) is 1.75. The van der Waals surface area contributed by atoms with Crippen LogP contribution < -0.4 is 5.32 Å². The van der Waals surface area contributed by atoms with Gasteiger partial charge in [-0.3, -0.25) is 0 Å². The molecule has 1 aromatic rings. The van der Waals surface area contributed by atoms with Gasteiger partial charge in [-0.25, -0.2) is 9.97 Å². The van der Waals surface area contributed by atoms with Crippen LogP contribution in [-0.4, -0.2) is 29.7 Å². The van der Waals surface area contributed by atoms with Crippen molar-refractivity contribution in [3.8, 4) is 0 Å². The van der Waals surface area contributed by atoms with Gasteiger partial charge in [0.2, 0.25) is 0 Å². The molecule has 19 heavy (non-hydrogen) atoms. The molecular formula is C14H22ClN3O. The summed E-state index contributed by atoms with van der Waals surface area (Å²) in [4.78, 5) is 8.75. The van der Waals surface area contributed by atoms with Crippen molar-refractivity contribution in [2.24, 2.45) is 5.92 Å². The molecule has 0 radical (unpaired) electrons. The molecule has 0 saturated heterocycles. The third kappa shape index (κ3) is 4.96. The molecule has 1 aliphatic rings. The van der Waals surface area contributed by atoms with E-state index >= 15 is 0 Å². The highest BCUT2D eigenvalue weighted by molar-refractivity contribution is 6.29. The number of hydrogen-bond acceptors (Lipinski definition) is 4. The van der Waals surface area contributed by atoms with Crippen molar-refractivity contribution in [1.29, 1.82) is 0 Å². The van der Waals surface area contributed by atoms with Crippen molar-refractivity contribution in [2.75, 3.05) is 25.1 Å².